The van der Waals surface area contributed by atoms with Crippen molar-refractivity contribution in [3.63, 3.8) is 0 Å². The molecule has 0 aliphatic carbocycles. The number of rotatable bonds is 4. The number of pyridine rings is 1. The lowest BCUT2D eigenvalue weighted by Gasteiger charge is -2.21. The summed E-state index contributed by atoms with van der Waals surface area (Å²) in [7, 11) is 0.276. The Kier molecular flexibility index (Phi) is 4.62. The standard InChI is InChI=1S/C11H17N3O2S/c1-8(2)14(3)11(15)7-17(16)10-4-5-13-6-9(10)12/h4-6,8H,7,12H2,1-3H3. The highest BCUT2D eigenvalue weighted by Crippen LogP contribution is 2.14. The molecule has 0 fully saturated rings. The molecule has 0 saturated carbocycles. The van der Waals surface area contributed by atoms with Crippen LogP contribution in [0.25, 0.3) is 0 Å². The van der Waals surface area contributed by atoms with E-state index in [1.807, 2.05) is 13.8 Å². The molecule has 1 amide bonds. The minimum absolute atomic E-state index is 0.0527. The first-order valence-electron chi connectivity index (χ1n) is 5.27. The summed E-state index contributed by atoms with van der Waals surface area (Å²) >= 11 is 0. The summed E-state index contributed by atoms with van der Waals surface area (Å²) in [6.07, 6.45) is 2.95. The monoisotopic (exact) mass is 255 g/mol. The molecule has 0 spiro atoms. The highest BCUT2D eigenvalue weighted by molar-refractivity contribution is 7.86. The first-order chi connectivity index (χ1) is 7.93. The van der Waals surface area contributed by atoms with Gasteiger partial charge in [-0.1, -0.05) is 0 Å². The second-order valence-corrected chi connectivity index (χ2v) is 5.42. The van der Waals surface area contributed by atoms with E-state index in [0.717, 1.165) is 0 Å². The van der Waals surface area contributed by atoms with Crippen molar-refractivity contribution in [3.05, 3.63) is 18.5 Å². The highest BCUT2D eigenvalue weighted by Gasteiger charge is 2.17. The van der Waals surface area contributed by atoms with E-state index in [0.29, 0.717) is 10.6 Å². The SMILES string of the molecule is CC(C)N(C)C(=O)CS(=O)c1ccncc1N. The third-order valence-electron chi connectivity index (χ3n) is 2.48. The van der Waals surface area contributed by atoms with E-state index >= 15 is 0 Å². The minimum atomic E-state index is -1.42. The van der Waals surface area contributed by atoms with Gasteiger partial charge in [0.05, 0.1) is 27.6 Å². The van der Waals surface area contributed by atoms with Gasteiger partial charge in [0.1, 0.15) is 5.75 Å². The predicted molar refractivity (Wildman–Crippen MR) is 67.8 cm³/mol. The van der Waals surface area contributed by atoms with Crippen LogP contribution in [0.3, 0.4) is 0 Å². The van der Waals surface area contributed by atoms with Crippen molar-refractivity contribution < 1.29 is 9.00 Å². The summed E-state index contributed by atoms with van der Waals surface area (Å²) in [4.78, 5) is 17.6. The second kappa shape index (κ2) is 5.77. The van der Waals surface area contributed by atoms with Crippen LogP contribution < -0.4 is 5.73 Å². The van der Waals surface area contributed by atoms with Gasteiger partial charge in [-0.2, -0.15) is 0 Å². The number of nitrogens with zero attached hydrogens (tertiary/aromatic N) is 2. The third kappa shape index (κ3) is 3.52. The molecule has 1 unspecified atom stereocenters. The average Bonchev–Trinajstić information content (AvgIpc) is 2.28. The Morgan fingerprint density at radius 2 is 2.24 bits per heavy atom. The van der Waals surface area contributed by atoms with Gasteiger partial charge in [0, 0.05) is 19.3 Å². The van der Waals surface area contributed by atoms with E-state index in [2.05, 4.69) is 4.98 Å². The normalized spacial score (nSPS) is 12.5. The number of hydrogen-bond acceptors (Lipinski definition) is 4. The van der Waals surface area contributed by atoms with E-state index in [4.69, 9.17) is 5.73 Å². The molecule has 0 aliphatic heterocycles. The maximum atomic E-state index is 12.0. The van der Waals surface area contributed by atoms with Crippen molar-refractivity contribution in [3.8, 4) is 0 Å². The van der Waals surface area contributed by atoms with Crippen LogP contribution in [0.15, 0.2) is 23.4 Å². The Bertz CT molecular complexity index is 434. The molecule has 5 nitrogen and oxygen atoms in total. The van der Waals surface area contributed by atoms with E-state index in [-0.39, 0.29) is 17.7 Å². The summed E-state index contributed by atoms with van der Waals surface area (Å²) in [5.41, 5.74) is 6.01. The molecule has 1 heterocycles. The van der Waals surface area contributed by atoms with Gasteiger partial charge in [-0.05, 0) is 19.9 Å². The smallest absolute Gasteiger partial charge is 0.235 e. The predicted octanol–water partition coefficient (Wildman–Crippen LogP) is 0.638. The van der Waals surface area contributed by atoms with Crippen LogP contribution in [-0.4, -0.2) is 38.8 Å². The van der Waals surface area contributed by atoms with Crippen molar-refractivity contribution in [2.45, 2.75) is 24.8 Å². The quantitative estimate of drug-likeness (QED) is 0.856. The van der Waals surface area contributed by atoms with Crippen LogP contribution >= 0.6 is 0 Å². The first kappa shape index (κ1) is 13.6. The Balaban J connectivity index is 2.74. The van der Waals surface area contributed by atoms with Crippen molar-refractivity contribution in [1.29, 1.82) is 0 Å². The number of amides is 1. The zero-order valence-electron chi connectivity index (χ0n) is 10.2. The zero-order chi connectivity index (χ0) is 13.0. The lowest BCUT2D eigenvalue weighted by molar-refractivity contribution is -0.128. The lowest BCUT2D eigenvalue weighted by Crippen LogP contribution is -2.36. The Morgan fingerprint density at radius 1 is 1.59 bits per heavy atom. The minimum Gasteiger partial charge on any atom is -0.396 e. The molecule has 0 radical (unpaired) electrons. The molecular weight excluding hydrogens is 238 g/mol. The van der Waals surface area contributed by atoms with E-state index in [1.165, 1.54) is 12.4 Å². The molecule has 1 aromatic heterocycles. The number of carbonyl (C=O) groups is 1. The fourth-order valence-corrected chi connectivity index (χ4v) is 2.29. The molecule has 0 aromatic carbocycles. The van der Waals surface area contributed by atoms with Crippen LogP contribution in [0.2, 0.25) is 0 Å². The van der Waals surface area contributed by atoms with E-state index < -0.39 is 10.8 Å². The van der Waals surface area contributed by atoms with Gasteiger partial charge in [0.15, 0.2) is 0 Å². The number of carbonyl (C=O) groups excluding carboxylic acids is 1. The van der Waals surface area contributed by atoms with Crippen molar-refractivity contribution >= 4 is 22.4 Å². The molecule has 2 N–H and O–H groups in total. The zero-order valence-corrected chi connectivity index (χ0v) is 11.0. The molecule has 94 valence electrons. The summed E-state index contributed by atoms with van der Waals surface area (Å²) in [5.74, 6) is -0.211. The van der Waals surface area contributed by atoms with Gasteiger partial charge in [-0.3, -0.25) is 14.0 Å². The van der Waals surface area contributed by atoms with Crippen LogP contribution in [-0.2, 0) is 15.6 Å². The molecule has 17 heavy (non-hydrogen) atoms. The Labute approximate surface area is 103 Å². The van der Waals surface area contributed by atoms with Crippen molar-refractivity contribution in [2.75, 3.05) is 18.5 Å². The third-order valence-corrected chi connectivity index (χ3v) is 3.85. The molecule has 6 heteroatoms. The summed E-state index contributed by atoms with van der Waals surface area (Å²) in [6, 6.07) is 1.67. The van der Waals surface area contributed by atoms with E-state index in [9.17, 15) is 9.00 Å². The number of aromatic nitrogens is 1. The maximum absolute atomic E-state index is 12.0. The highest BCUT2D eigenvalue weighted by atomic mass is 32.2. The molecule has 1 atom stereocenters. The van der Waals surface area contributed by atoms with Crippen molar-refractivity contribution in [2.24, 2.45) is 0 Å². The largest absolute Gasteiger partial charge is 0.396 e. The van der Waals surface area contributed by atoms with Gasteiger partial charge >= 0.3 is 0 Å². The van der Waals surface area contributed by atoms with Gasteiger partial charge in [0.2, 0.25) is 5.91 Å². The van der Waals surface area contributed by atoms with Crippen LogP contribution in [0.1, 0.15) is 13.8 Å². The number of anilines is 1. The number of nitrogens with two attached hydrogens (primary N) is 1. The molecule has 1 aromatic rings. The fourth-order valence-electron chi connectivity index (χ4n) is 1.18. The summed E-state index contributed by atoms with van der Waals surface area (Å²) in [5, 5.41) is 0. The van der Waals surface area contributed by atoms with Gasteiger partial charge < -0.3 is 10.6 Å². The number of hydrogen-bond donors (Lipinski definition) is 1. The Morgan fingerprint density at radius 3 is 2.76 bits per heavy atom. The first-order valence-corrected chi connectivity index (χ1v) is 6.59. The molecule has 0 aliphatic rings. The molecular formula is C11H17N3O2S. The van der Waals surface area contributed by atoms with Crippen LogP contribution in [0.4, 0.5) is 5.69 Å². The Hall–Kier alpha value is -1.43. The van der Waals surface area contributed by atoms with Crippen molar-refractivity contribution in [1.82, 2.24) is 9.88 Å². The fraction of sp³-hybridized carbons (Fsp3) is 0.455. The maximum Gasteiger partial charge on any atom is 0.235 e. The topological polar surface area (TPSA) is 76.3 Å². The average molecular weight is 255 g/mol. The molecule has 0 bridgehead atoms. The van der Waals surface area contributed by atoms with E-state index in [1.54, 1.807) is 18.0 Å². The van der Waals surface area contributed by atoms with Gasteiger partial charge in [0.25, 0.3) is 0 Å². The second-order valence-electron chi connectivity index (χ2n) is 4.00. The molecule has 0 saturated heterocycles. The van der Waals surface area contributed by atoms with Gasteiger partial charge in [-0.25, -0.2) is 0 Å². The summed E-state index contributed by atoms with van der Waals surface area (Å²) in [6.45, 7) is 3.81. The van der Waals surface area contributed by atoms with Crippen LogP contribution in [0, 0.1) is 0 Å². The number of nitrogen functional groups attached to an aromatic ring is 1. The lowest BCUT2D eigenvalue weighted by atomic mass is 10.3. The van der Waals surface area contributed by atoms with Crippen LogP contribution in [0.5, 0.6) is 0 Å². The molecule has 1 rings (SSSR count). The van der Waals surface area contributed by atoms with Gasteiger partial charge in [-0.15, -0.1) is 0 Å². The summed E-state index contributed by atoms with van der Waals surface area (Å²) < 4.78 is 12.0.